The van der Waals surface area contributed by atoms with E-state index in [4.69, 9.17) is 4.74 Å². The van der Waals surface area contributed by atoms with Gasteiger partial charge in [-0.25, -0.2) is 4.39 Å². The Bertz CT molecular complexity index is 573. The normalized spacial score (nSPS) is 19.2. The van der Waals surface area contributed by atoms with Crippen LogP contribution in [-0.2, 0) is 19.1 Å². The van der Waals surface area contributed by atoms with Gasteiger partial charge in [0.05, 0.1) is 12.5 Å². The zero-order valence-electron chi connectivity index (χ0n) is 12.1. The minimum absolute atomic E-state index is 0.102. The monoisotopic (exact) mass is 308 g/mol. The highest BCUT2D eigenvalue weighted by atomic mass is 19.1. The van der Waals surface area contributed by atoms with Gasteiger partial charge < -0.3 is 15.4 Å². The second kappa shape index (κ2) is 7.02. The van der Waals surface area contributed by atoms with Gasteiger partial charge in [-0.2, -0.15) is 0 Å². The predicted molar refractivity (Wildman–Crippen MR) is 76.3 cm³/mol. The lowest BCUT2D eigenvalue weighted by Gasteiger charge is -2.07. The third-order valence-electron chi connectivity index (χ3n) is 3.33. The molecule has 22 heavy (non-hydrogen) atoms. The number of carbonyl (C=O) groups is 3. The fraction of sp³-hybridized carbons (Fsp3) is 0.400. The molecule has 0 bridgehead atoms. The van der Waals surface area contributed by atoms with Crippen LogP contribution in [-0.4, -0.2) is 30.9 Å². The second-order valence-corrected chi connectivity index (χ2v) is 5.26. The summed E-state index contributed by atoms with van der Waals surface area (Å²) >= 11 is 0. The molecule has 0 radical (unpaired) electrons. The largest absolute Gasteiger partial charge is 0.455 e. The number of rotatable bonds is 6. The molecular weight excluding hydrogens is 291 g/mol. The maximum absolute atomic E-state index is 12.7. The molecule has 0 heterocycles. The first-order valence-electron chi connectivity index (χ1n) is 6.94. The Labute approximate surface area is 127 Å². The molecule has 1 saturated carbocycles. The van der Waals surface area contributed by atoms with E-state index in [1.807, 2.05) is 6.92 Å². The summed E-state index contributed by atoms with van der Waals surface area (Å²) in [5.41, 5.74) is 0.426. The van der Waals surface area contributed by atoms with Crippen molar-refractivity contribution in [3.8, 4) is 0 Å². The minimum atomic E-state index is -0.545. The van der Waals surface area contributed by atoms with E-state index >= 15 is 0 Å². The molecule has 1 aliphatic carbocycles. The maximum Gasteiger partial charge on any atom is 0.309 e. The van der Waals surface area contributed by atoms with Gasteiger partial charge >= 0.3 is 5.97 Å². The van der Waals surface area contributed by atoms with E-state index in [0.717, 1.165) is 6.42 Å². The van der Waals surface area contributed by atoms with E-state index in [9.17, 15) is 18.8 Å². The van der Waals surface area contributed by atoms with Gasteiger partial charge in [-0.1, -0.05) is 6.92 Å². The second-order valence-electron chi connectivity index (χ2n) is 5.26. The zero-order valence-corrected chi connectivity index (χ0v) is 12.1. The van der Waals surface area contributed by atoms with Crippen molar-refractivity contribution in [3.63, 3.8) is 0 Å². The van der Waals surface area contributed by atoms with Crippen molar-refractivity contribution in [1.82, 2.24) is 5.32 Å². The smallest absolute Gasteiger partial charge is 0.309 e. The topological polar surface area (TPSA) is 84.5 Å². The van der Waals surface area contributed by atoms with E-state index in [0.29, 0.717) is 11.6 Å². The van der Waals surface area contributed by atoms with Gasteiger partial charge in [-0.3, -0.25) is 14.4 Å². The molecule has 1 fully saturated rings. The molecule has 2 atom stereocenters. The van der Waals surface area contributed by atoms with Gasteiger partial charge in [0.2, 0.25) is 5.91 Å². The molecule has 2 rings (SSSR count). The van der Waals surface area contributed by atoms with Crippen molar-refractivity contribution < 1.29 is 23.5 Å². The summed E-state index contributed by atoms with van der Waals surface area (Å²) in [6.07, 6.45) is 0.792. The number of amides is 2. The van der Waals surface area contributed by atoms with Gasteiger partial charge in [0, 0.05) is 5.69 Å². The van der Waals surface area contributed by atoms with Crippen molar-refractivity contribution >= 4 is 23.5 Å². The quantitative estimate of drug-likeness (QED) is 0.770. The number of anilines is 1. The SMILES string of the molecule is CC1CC1C(=O)OCC(=O)NCC(=O)Nc1ccc(F)cc1. The molecular formula is C15H17FN2O4. The number of hydrogen-bond acceptors (Lipinski definition) is 4. The summed E-state index contributed by atoms with van der Waals surface area (Å²) in [5, 5.41) is 4.83. The van der Waals surface area contributed by atoms with Gasteiger partial charge in [-0.15, -0.1) is 0 Å². The highest BCUT2D eigenvalue weighted by molar-refractivity contribution is 5.94. The molecule has 1 aromatic rings. The van der Waals surface area contributed by atoms with Gasteiger partial charge in [0.1, 0.15) is 5.82 Å². The van der Waals surface area contributed by atoms with Crippen LogP contribution in [0, 0.1) is 17.7 Å². The van der Waals surface area contributed by atoms with Gasteiger partial charge in [-0.05, 0) is 36.6 Å². The maximum atomic E-state index is 12.7. The Morgan fingerprint density at radius 2 is 1.86 bits per heavy atom. The molecule has 0 spiro atoms. The number of nitrogens with one attached hydrogen (secondary N) is 2. The number of ether oxygens (including phenoxy) is 1. The van der Waals surface area contributed by atoms with Crippen LogP contribution >= 0.6 is 0 Å². The fourth-order valence-electron chi connectivity index (χ4n) is 1.86. The third-order valence-corrected chi connectivity index (χ3v) is 3.33. The van der Waals surface area contributed by atoms with Gasteiger partial charge in [0.15, 0.2) is 6.61 Å². The van der Waals surface area contributed by atoms with E-state index in [1.54, 1.807) is 0 Å². The lowest BCUT2D eigenvalue weighted by Crippen LogP contribution is -2.35. The fourth-order valence-corrected chi connectivity index (χ4v) is 1.86. The van der Waals surface area contributed by atoms with Crippen LogP contribution in [0.3, 0.4) is 0 Å². The molecule has 2 unspecified atom stereocenters. The minimum Gasteiger partial charge on any atom is -0.455 e. The van der Waals surface area contributed by atoms with Crippen LogP contribution < -0.4 is 10.6 Å². The lowest BCUT2D eigenvalue weighted by atomic mass is 10.3. The predicted octanol–water partition coefficient (Wildman–Crippen LogP) is 1.08. The highest BCUT2D eigenvalue weighted by Gasteiger charge is 2.40. The first kappa shape index (κ1) is 15.9. The van der Waals surface area contributed by atoms with E-state index in [1.165, 1.54) is 24.3 Å². The van der Waals surface area contributed by atoms with E-state index in [2.05, 4.69) is 10.6 Å². The van der Waals surface area contributed by atoms with Crippen LogP contribution in [0.2, 0.25) is 0 Å². The van der Waals surface area contributed by atoms with Crippen LogP contribution in [0.1, 0.15) is 13.3 Å². The standard InChI is InChI=1S/C15H17FN2O4/c1-9-6-12(9)15(21)22-8-14(20)17-7-13(19)18-11-4-2-10(16)3-5-11/h2-5,9,12H,6-8H2,1H3,(H,17,20)(H,18,19). The number of carbonyl (C=O) groups excluding carboxylic acids is 3. The molecule has 0 saturated heterocycles. The van der Waals surface area contributed by atoms with Crippen LogP contribution in [0.4, 0.5) is 10.1 Å². The molecule has 0 aliphatic heterocycles. The zero-order chi connectivity index (χ0) is 16.1. The van der Waals surface area contributed by atoms with Crippen molar-refractivity contribution in [3.05, 3.63) is 30.1 Å². The van der Waals surface area contributed by atoms with Crippen molar-refractivity contribution in [2.75, 3.05) is 18.5 Å². The van der Waals surface area contributed by atoms with Crippen LogP contribution in [0.15, 0.2) is 24.3 Å². The first-order chi connectivity index (χ1) is 10.5. The number of halogens is 1. The van der Waals surface area contributed by atoms with Crippen LogP contribution in [0.5, 0.6) is 0 Å². The van der Waals surface area contributed by atoms with Crippen molar-refractivity contribution in [1.29, 1.82) is 0 Å². The molecule has 6 nitrogen and oxygen atoms in total. The van der Waals surface area contributed by atoms with Gasteiger partial charge in [0.25, 0.3) is 5.91 Å². The Kier molecular flexibility index (Phi) is 5.08. The lowest BCUT2D eigenvalue weighted by molar-refractivity contribution is -0.150. The molecule has 7 heteroatoms. The summed E-state index contributed by atoms with van der Waals surface area (Å²) in [5.74, 6) is -1.57. The summed E-state index contributed by atoms with van der Waals surface area (Å²) in [7, 11) is 0. The molecule has 1 aromatic carbocycles. The summed E-state index contributed by atoms with van der Waals surface area (Å²) < 4.78 is 17.5. The Morgan fingerprint density at radius 1 is 1.23 bits per heavy atom. The third kappa shape index (κ3) is 4.83. The number of hydrogen-bond donors (Lipinski definition) is 2. The number of benzene rings is 1. The molecule has 118 valence electrons. The Morgan fingerprint density at radius 3 is 2.45 bits per heavy atom. The Hall–Kier alpha value is -2.44. The Balaban J connectivity index is 1.64. The average Bonchev–Trinajstić information content (AvgIpc) is 3.22. The average molecular weight is 308 g/mol. The summed E-state index contributed by atoms with van der Waals surface area (Å²) in [6, 6.07) is 5.25. The summed E-state index contributed by atoms with van der Waals surface area (Å²) in [6.45, 7) is 1.28. The molecule has 2 amide bonds. The highest BCUT2D eigenvalue weighted by Crippen LogP contribution is 2.38. The number of esters is 1. The van der Waals surface area contributed by atoms with Crippen LogP contribution in [0.25, 0.3) is 0 Å². The first-order valence-corrected chi connectivity index (χ1v) is 6.94. The van der Waals surface area contributed by atoms with E-state index < -0.39 is 24.2 Å². The van der Waals surface area contributed by atoms with E-state index in [-0.39, 0.29) is 18.4 Å². The molecule has 2 N–H and O–H groups in total. The van der Waals surface area contributed by atoms with Crippen molar-refractivity contribution in [2.24, 2.45) is 11.8 Å². The summed E-state index contributed by atoms with van der Waals surface area (Å²) in [4.78, 5) is 34.4. The molecule has 1 aliphatic rings. The molecule has 0 aromatic heterocycles. The van der Waals surface area contributed by atoms with Crippen molar-refractivity contribution in [2.45, 2.75) is 13.3 Å².